The lowest BCUT2D eigenvalue weighted by atomic mass is 9.86. The summed E-state index contributed by atoms with van der Waals surface area (Å²) in [4.78, 5) is 9.29. The smallest absolute Gasteiger partial charge is 0.138 e. The molecule has 0 radical (unpaired) electrons. The summed E-state index contributed by atoms with van der Waals surface area (Å²) in [5, 5.41) is 6.76. The average molecular weight is 276 g/mol. The molecule has 1 fully saturated rings. The van der Waals surface area contributed by atoms with Crippen LogP contribution in [0.15, 0.2) is 6.07 Å². The van der Waals surface area contributed by atoms with Gasteiger partial charge in [-0.2, -0.15) is 0 Å². The lowest BCUT2D eigenvalue weighted by Gasteiger charge is -2.30. The fourth-order valence-corrected chi connectivity index (χ4v) is 2.71. The summed E-state index contributed by atoms with van der Waals surface area (Å²) < 4.78 is 0. The van der Waals surface area contributed by atoms with Crippen LogP contribution in [0, 0.1) is 5.92 Å². The van der Waals surface area contributed by atoms with Gasteiger partial charge in [-0.05, 0) is 18.8 Å². The summed E-state index contributed by atoms with van der Waals surface area (Å²) in [6.45, 7) is 8.78. The zero-order valence-electron chi connectivity index (χ0n) is 13.5. The Labute approximate surface area is 122 Å². The minimum atomic E-state index is -0.0402. The van der Waals surface area contributed by atoms with Crippen molar-refractivity contribution in [2.45, 2.75) is 64.8 Å². The predicted octanol–water partition coefficient (Wildman–Crippen LogP) is 3.81. The normalized spacial score (nSPS) is 23.4. The van der Waals surface area contributed by atoms with Crippen LogP contribution in [0.3, 0.4) is 0 Å². The third-order valence-electron chi connectivity index (χ3n) is 4.10. The van der Waals surface area contributed by atoms with Crippen molar-refractivity contribution in [3.63, 3.8) is 0 Å². The minimum Gasteiger partial charge on any atom is -0.373 e. The third-order valence-corrected chi connectivity index (χ3v) is 4.10. The van der Waals surface area contributed by atoms with E-state index in [0.717, 1.165) is 23.4 Å². The van der Waals surface area contributed by atoms with Crippen LogP contribution in [0.5, 0.6) is 0 Å². The van der Waals surface area contributed by atoms with Gasteiger partial charge in [0.2, 0.25) is 0 Å². The van der Waals surface area contributed by atoms with Crippen LogP contribution < -0.4 is 10.6 Å². The van der Waals surface area contributed by atoms with Gasteiger partial charge in [0.05, 0.1) is 0 Å². The van der Waals surface area contributed by atoms with Crippen molar-refractivity contribution < 1.29 is 0 Å². The van der Waals surface area contributed by atoms with E-state index in [1.165, 1.54) is 25.7 Å². The molecule has 2 atom stereocenters. The molecular formula is C16H28N4. The van der Waals surface area contributed by atoms with Gasteiger partial charge in [-0.1, -0.05) is 40.5 Å². The van der Waals surface area contributed by atoms with E-state index in [9.17, 15) is 0 Å². The van der Waals surface area contributed by atoms with Crippen molar-refractivity contribution in [3.05, 3.63) is 11.9 Å². The van der Waals surface area contributed by atoms with Gasteiger partial charge in [0, 0.05) is 24.6 Å². The van der Waals surface area contributed by atoms with Crippen LogP contribution >= 0.6 is 0 Å². The Balaban J connectivity index is 2.22. The van der Waals surface area contributed by atoms with E-state index in [2.05, 4.69) is 43.3 Å². The fourth-order valence-electron chi connectivity index (χ4n) is 2.71. The van der Waals surface area contributed by atoms with Crippen LogP contribution in [0.2, 0.25) is 0 Å². The van der Waals surface area contributed by atoms with Gasteiger partial charge in [0.15, 0.2) is 0 Å². The molecule has 1 aliphatic carbocycles. The molecule has 1 heterocycles. The molecule has 1 aromatic rings. The maximum atomic E-state index is 4.72. The first-order valence-corrected chi connectivity index (χ1v) is 7.74. The van der Waals surface area contributed by atoms with Crippen molar-refractivity contribution >= 4 is 11.6 Å². The highest BCUT2D eigenvalue weighted by atomic mass is 15.1. The van der Waals surface area contributed by atoms with E-state index >= 15 is 0 Å². The van der Waals surface area contributed by atoms with E-state index < -0.39 is 0 Å². The first-order valence-electron chi connectivity index (χ1n) is 7.74. The summed E-state index contributed by atoms with van der Waals surface area (Å²) in [7, 11) is 1.90. The molecule has 1 saturated carbocycles. The van der Waals surface area contributed by atoms with Crippen LogP contribution in [0.4, 0.5) is 11.6 Å². The summed E-state index contributed by atoms with van der Waals surface area (Å²) in [6, 6.07) is 2.55. The van der Waals surface area contributed by atoms with Gasteiger partial charge in [-0.3, -0.25) is 0 Å². The molecule has 0 spiro atoms. The van der Waals surface area contributed by atoms with Crippen molar-refractivity contribution in [1.29, 1.82) is 0 Å². The number of hydrogen-bond acceptors (Lipinski definition) is 4. The number of aromatic nitrogens is 2. The molecule has 4 nitrogen and oxygen atoms in total. The zero-order chi connectivity index (χ0) is 14.8. The second-order valence-electron chi connectivity index (χ2n) is 6.97. The van der Waals surface area contributed by atoms with Crippen molar-refractivity contribution in [1.82, 2.24) is 9.97 Å². The van der Waals surface area contributed by atoms with Crippen LogP contribution in [-0.4, -0.2) is 23.1 Å². The maximum Gasteiger partial charge on any atom is 0.138 e. The third kappa shape index (κ3) is 3.62. The quantitative estimate of drug-likeness (QED) is 0.881. The molecule has 1 aromatic heterocycles. The van der Waals surface area contributed by atoms with Gasteiger partial charge >= 0.3 is 0 Å². The average Bonchev–Trinajstić information content (AvgIpc) is 2.40. The highest BCUT2D eigenvalue weighted by molar-refractivity contribution is 5.48. The van der Waals surface area contributed by atoms with Crippen LogP contribution in [0.1, 0.15) is 59.2 Å². The standard InChI is InChI=1S/C16H28N4/c1-11-8-6-7-9-12(11)18-14-10-13(17-5)19-15(20-14)16(2,3)4/h10-12H,6-9H2,1-5H3,(H2,17,18,19,20). The van der Waals surface area contributed by atoms with Crippen molar-refractivity contribution in [2.24, 2.45) is 5.92 Å². The largest absolute Gasteiger partial charge is 0.373 e. The minimum absolute atomic E-state index is 0.0402. The van der Waals surface area contributed by atoms with E-state index in [4.69, 9.17) is 4.98 Å². The number of nitrogens with zero attached hydrogens (tertiary/aromatic N) is 2. The van der Waals surface area contributed by atoms with Gasteiger partial charge < -0.3 is 10.6 Å². The summed E-state index contributed by atoms with van der Waals surface area (Å²) in [6.07, 6.45) is 5.23. The number of anilines is 2. The number of rotatable bonds is 3. The van der Waals surface area contributed by atoms with Crippen molar-refractivity contribution in [2.75, 3.05) is 17.7 Å². The van der Waals surface area contributed by atoms with Gasteiger partial charge in [0.25, 0.3) is 0 Å². The second-order valence-corrected chi connectivity index (χ2v) is 6.97. The number of hydrogen-bond donors (Lipinski definition) is 2. The molecule has 0 amide bonds. The van der Waals surface area contributed by atoms with E-state index in [1.54, 1.807) is 0 Å². The molecule has 2 unspecified atom stereocenters. The van der Waals surface area contributed by atoms with Gasteiger partial charge in [-0.15, -0.1) is 0 Å². The molecule has 20 heavy (non-hydrogen) atoms. The lowest BCUT2D eigenvalue weighted by Crippen LogP contribution is -2.31. The van der Waals surface area contributed by atoms with E-state index in [1.807, 2.05) is 13.1 Å². The van der Waals surface area contributed by atoms with Gasteiger partial charge in [-0.25, -0.2) is 9.97 Å². The molecule has 2 rings (SSSR count). The summed E-state index contributed by atoms with van der Waals surface area (Å²) >= 11 is 0. The predicted molar refractivity (Wildman–Crippen MR) is 85.3 cm³/mol. The molecular weight excluding hydrogens is 248 g/mol. The molecule has 0 aromatic carbocycles. The van der Waals surface area contributed by atoms with E-state index in [-0.39, 0.29) is 5.41 Å². The Morgan fingerprint density at radius 3 is 2.35 bits per heavy atom. The Bertz CT molecular complexity index is 450. The molecule has 112 valence electrons. The van der Waals surface area contributed by atoms with E-state index in [0.29, 0.717) is 6.04 Å². The molecule has 0 bridgehead atoms. The number of nitrogens with one attached hydrogen (secondary N) is 2. The molecule has 2 N–H and O–H groups in total. The fraction of sp³-hybridized carbons (Fsp3) is 0.750. The Morgan fingerprint density at radius 1 is 1.10 bits per heavy atom. The second kappa shape index (κ2) is 5.98. The first-order chi connectivity index (χ1) is 9.40. The highest BCUT2D eigenvalue weighted by Gasteiger charge is 2.23. The van der Waals surface area contributed by atoms with Crippen LogP contribution in [-0.2, 0) is 5.41 Å². The molecule has 4 heteroatoms. The van der Waals surface area contributed by atoms with Crippen molar-refractivity contribution in [3.8, 4) is 0 Å². The molecule has 0 aliphatic heterocycles. The summed E-state index contributed by atoms with van der Waals surface area (Å²) in [5.74, 6) is 3.44. The highest BCUT2D eigenvalue weighted by Crippen LogP contribution is 2.28. The molecule has 1 aliphatic rings. The first kappa shape index (κ1) is 15.1. The Morgan fingerprint density at radius 2 is 1.75 bits per heavy atom. The maximum absolute atomic E-state index is 4.72. The van der Waals surface area contributed by atoms with Gasteiger partial charge in [0.1, 0.15) is 17.5 Å². The lowest BCUT2D eigenvalue weighted by molar-refractivity contribution is 0.349. The van der Waals surface area contributed by atoms with Crippen LogP contribution in [0.25, 0.3) is 0 Å². The Kier molecular flexibility index (Phi) is 4.51. The SMILES string of the molecule is CNc1cc(NC2CCCCC2C)nc(C(C)(C)C)n1. The summed E-state index contributed by atoms with van der Waals surface area (Å²) in [5.41, 5.74) is -0.0402. The molecule has 0 saturated heterocycles. The topological polar surface area (TPSA) is 49.8 Å². The zero-order valence-corrected chi connectivity index (χ0v) is 13.5. The monoisotopic (exact) mass is 276 g/mol. The Hall–Kier alpha value is -1.32.